The van der Waals surface area contributed by atoms with Gasteiger partial charge in [0.2, 0.25) is 6.10 Å². The number of hydrogen-bond donors (Lipinski definition) is 0. The summed E-state index contributed by atoms with van der Waals surface area (Å²) in [5.74, 6) is -1.08. The fourth-order valence-electron chi connectivity index (χ4n) is 2.20. The lowest BCUT2D eigenvalue weighted by molar-refractivity contribution is -0.147. The van der Waals surface area contributed by atoms with E-state index < -0.39 is 18.0 Å². The topological polar surface area (TPSA) is 65.5 Å². The molecule has 5 nitrogen and oxygen atoms in total. The molecule has 1 aromatic heterocycles. The minimum Gasteiger partial charge on any atom is -0.460 e. The van der Waals surface area contributed by atoms with Crippen LogP contribution in [0.2, 0.25) is 0 Å². The van der Waals surface area contributed by atoms with Crippen LogP contribution in [-0.4, -0.2) is 29.1 Å². The number of rotatable bonds is 3. The summed E-state index contributed by atoms with van der Waals surface area (Å²) < 4.78 is 10.1. The molecular weight excluding hydrogens is 302 g/mol. The average molecular weight is 317 g/mol. The molecule has 1 aliphatic heterocycles. The zero-order valence-electron chi connectivity index (χ0n) is 12.2. The summed E-state index contributed by atoms with van der Waals surface area (Å²) in [7, 11) is 0. The van der Waals surface area contributed by atoms with E-state index in [2.05, 4.69) is 4.98 Å². The van der Waals surface area contributed by atoms with Gasteiger partial charge in [-0.15, -0.1) is 11.3 Å². The largest absolute Gasteiger partial charge is 0.460 e. The standard InChI is InChI=1S/C16H15NO4S/c1-9-3-5-11(6-4-9)14-17-12(8-22-14)15(18)21-13-7-10(2)20-16(13)19/h3-6,8,10,13H,7H2,1-2H3/t10-,13+/m1/s1. The molecule has 0 unspecified atom stereocenters. The first-order valence-electron chi connectivity index (χ1n) is 6.97. The number of carbonyl (C=O) groups excluding carboxylic acids is 2. The maximum absolute atomic E-state index is 12.1. The lowest BCUT2D eigenvalue weighted by Crippen LogP contribution is -2.22. The molecule has 2 heterocycles. The van der Waals surface area contributed by atoms with Crippen molar-refractivity contribution < 1.29 is 19.1 Å². The Morgan fingerprint density at radius 3 is 2.73 bits per heavy atom. The van der Waals surface area contributed by atoms with E-state index in [1.54, 1.807) is 12.3 Å². The van der Waals surface area contributed by atoms with Crippen molar-refractivity contribution in [1.29, 1.82) is 0 Å². The summed E-state index contributed by atoms with van der Waals surface area (Å²) in [6.07, 6.45) is -0.657. The van der Waals surface area contributed by atoms with Crippen molar-refractivity contribution in [3.63, 3.8) is 0 Å². The number of benzene rings is 1. The Bertz CT molecular complexity index is 707. The smallest absolute Gasteiger partial charge is 0.358 e. The Hall–Kier alpha value is -2.21. The second-order valence-corrected chi connectivity index (χ2v) is 6.14. The molecule has 0 radical (unpaired) electrons. The Kier molecular flexibility index (Phi) is 3.94. The molecule has 1 saturated heterocycles. The zero-order valence-corrected chi connectivity index (χ0v) is 13.1. The van der Waals surface area contributed by atoms with Crippen molar-refractivity contribution in [1.82, 2.24) is 4.98 Å². The van der Waals surface area contributed by atoms with Crippen LogP contribution in [0.15, 0.2) is 29.6 Å². The third-order valence-electron chi connectivity index (χ3n) is 3.39. The second kappa shape index (κ2) is 5.88. The number of esters is 2. The number of nitrogens with zero attached hydrogens (tertiary/aromatic N) is 1. The molecular formula is C16H15NO4S. The van der Waals surface area contributed by atoms with E-state index in [9.17, 15) is 9.59 Å². The molecule has 0 N–H and O–H groups in total. The second-order valence-electron chi connectivity index (χ2n) is 5.28. The van der Waals surface area contributed by atoms with Gasteiger partial charge in [0.05, 0.1) is 0 Å². The van der Waals surface area contributed by atoms with Gasteiger partial charge in [0, 0.05) is 17.4 Å². The van der Waals surface area contributed by atoms with Crippen molar-refractivity contribution in [3.05, 3.63) is 40.9 Å². The molecule has 0 spiro atoms. The van der Waals surface area contributed by atoms with Crippen LogP contribution in [0.4, 0.5) is 0 Å². The van der Waals surface area contributed by atoms with Crippen molar-refractivity contribution in [2.45, 2.75) is 32.5 Å². The predicted octanol–water partition coefficient (Wildman–Crippen LogP) is 2.98. The highest BCUT2D eigenvalue weighted by atomic mass is 32.1. The normalized spacial score (nSPS) is 20.7. The van der Waals surface area contributed by atoms with Crippen molar-refractivity contribution in [3.8, 4) is 10.6 Å². The summed E-state index contributed by atoms with van der Waals surface area (Å²) in [5.41, 5.74) is 2.32. The van der Waals surface area contributed by atoms with Crippen LogP contribution in [0.1, 0.15) is 29.4 Å². The van der Waals surface area contributed by atoms with Crippen molar-refractivity contribution >= 4 is 23.3 Å². The fraction of sp³-hybridized carbons (Fsp3) is 0.312. The number of carbonyl (C=O) groups is 2. The first-order chi connectivity index (χ1) is 10.5. The average Bonchev–Trinajstić information content (AvgIpc) is 3.07. The van der Waals surface area contributed by atoms with Gasteiger partial charge in [-0.3, -0.25) is 0 Å². The minimum atomic E-state index is -0.827. The molecule has 1 fully saturated rings. The van der Waals surface area contributed by atoms with Gasteiger partial charge >= 0.3 is 11.9 Å². The number of thiazole rings is 1. The zero-order chi connectivity index (χ0) is 15.7. The fourth-order valence-corrected chi connectivity index (χ4v) is 3.00. The van der Waals surface area contributed by atoms with Crippen LogP contribution in [0, 0.1) is 6.92 Å². The van der Waals surface area contributed by atoms with Gasteiger partial charge in [0.25, 0.3) is 0 Å². The predicted molar refractivity (Wildman–Crippen MR) is 81.7 cm³/mol. The summed E-state index contributed by atoms with van der Waals surface area (Å²) in [4.78, 5) is 27.8. The highest BCUT2D eigenvalue weighted by molar-refractivity contribution is 7.13. The van der Waals surface area contributed by atoms with Crippen molar-refractivity contribution in [2.75, 3.05) is 0 Å². The van der Waals surface area contributed by atoms with Crippen LogP contribution in [0.25, 0.3) is 10.6 Å². The number of hydrogen-bond acceptors (Lipinski definition) is 6. The van der Waals surface area contributed by atoms with Gasteiger partial charge in [-0.2, -0.15) is 0 Å². The maximum Gasteiger partial charge on any atom is 0.358 e. The summed E-state index contributed by atoms with van der Waals surface area (Å²) >= 11 is 1.37. The summed E-state index contributed by atoms with van der Waals surface area (Å²) in [6.45, 7) is 3.78. The number of aryl methyl sites for hydroxylation is 1. The highest BCUT2D eigenvalue weighted by Crippen LogP contribution is 2.25. The Morgan fingerprint density at radius 2 is 2.09 bits per heavy atom. The lowest BCUT2D eigenvalue weighted by Gasteiger charge is -2.06. The van der Waals surface area contributed by atoms with E-state index >= 15 is 0 Å². The molecule has 0 aliphatic carbocycles. The first-order valence-corrected chi connectivity index (χ1v) is 7.85. The van der Waals surface area contributed by atoms with Gasteiger partial charge < -0.3 is 9.47 Å². The summed E-state index contributed by atoms with van der Waals surface area (Å²) in [6, 6.07) is 7.90. The molecule has 0 amide bonds. The van der Waals surface area contributed by atoms with Crippen LogP contribution >= 0.6 is 11.3 Å². The molecule has 2 aromatic rings. The van der Waals surface area contributed by atoms with Gasteiger partial charge in [-0.1, -0.05) is 29.8 Å². The molecule has 22 heavy (non-hydrogen) atoms. The first kappa shape index (κ1) is 14.7. The molecule has 114 valence electrons. The molecule has 6 heteroatoms. The number of cyclic esters (lactones) is 1. The van der Waals surface area contributed by atoms with Gasteiger partial charge in [-0.25, -0.2) is 14.6 Å². The maximum atomic E-state index is 12.1. The third kappa shape index (κ3) is 3.01. The van der Waals surface area contributed by atoms with E-state index in [1.807, 2.05) is 31.2 Å². The van der Waals surface area contributed by atoms with Crippen LogP contribution in [0.3, 0.4) is 0 Å². The van der Waals surface area contributed by atoms with Gasteiger partial charge in [0.15, 0.2) is 5.69 Å². The lowest BCUT2D eigenvalue weighted by atomic mass is 10.2. The third-order valence-corrected chi connectivity index (χ3v) is 4.28. The molecule has 0 saturated carbocycles. The van der Waals surface area contributed by atoms with Crippen LogP contribution in [0.5, 0.6) is 0 Å². The SMILES string of the molecule is Cc1ccc(-c2nc(C(=O)O[C@H]3C[C@@H](C)OC3=O)cs2)cc1. The van der Waals surface area contributed by atoms with Gasteiger partial charge in [0.1, 0.15) is 11.1 Å². The molecule has 2 atom stereocenters. The van der Waals surface area contributed by atoms with E-state index in [-0.39, 0.29) is 11.8 Å². The van der Waals surface area contributed by atoms with Crippen LogP contribution < -0.4 is 0 Å². The van der Waals surface area contributed by atoms with E-state index in [4.69, 9.17) is 9.47 Å². The number of aromatic nitrogens is 1. The number of ether oxygens (including phenoxy) is 2. The summed E-state index contributed by atoms with van der Waals surface area (Å²) in [5, 5.41) is 2.38. The van der Waals surface area contributed by atoms with Crippen LogP contribution in [-0.2, 0) is 14.3 Å². The minimum absolute atomic E-state index is 0.216. The molecule has 1 aromatic carbocycles. The Morgan fingerprint density at radius 1 is 1.36 bits per heavy atom. The van der Waals surface area contributed by atoms with E-state index in [0.717, 1.165) is 16.1 Å². The highest BCUT2D eigenvalue weighted by Gasteiger charge is 2.35. The monoisotopic (exact) mass is 317 g/mol. The van der Waals surface area contributed by atoms with Crippen molar-refractivity contribution in [2.24, 2.45) is 0 Å². The molecule has 1 aliphatic rings. The molecule has 0 bridgehead atoms. The quantitative estimate of drug-likeness (QED) is 0.814. The van der Waals surface area contributed by atoms with Gasteiger partial charge in [-0.05, 0) is 13.8 Å². The molecule has 3 rings (SSSR count). The van der Waals surface area contributed by atoms with E-state index in [0.29, 0.717) is 6.42 Å². The van der Waals surface area contributed by atoms with E-state index in [1.165, 1.54) is 11.3 Å². The Balaban J connectivity index is 1.72. The Labute approximate surface area is 131 Å².